The number of nitrogens with zero attached hydrogens (tertiary/aromatic N) is 1. The number of piperidine rings is 1. The monoisotopic (exact) mass is 448 g/mol. The van der Waals surface area contributed by atoms with Crippen molar-refractivity contribution in [2.24, 2.45) is 5.92 Å². The van der Waals surface area contributed by atoms with E-state index in [1.165, 1.54) is 6.07 Å². The number of halogens is 2. The SMILES string of the molecule is COc1ccc(CNC(=O)CC[C@@H]2CCCN(Cc3ccc(Cl)c(F)c3)C2)c(OC)c1. The van der Waals surface area contributed by atoms with Gasteiger partial charge in [-0.25, -0.2) is 4.39 Å². The predicted molar refractivity (Wildman–Crippen MR) is 120 cm³/mol. The maximum Gasteiger partial charge on any atom is 0.220 e. The van der Waals surface area contributed by atoms with Crippen LogP contribution >= 0.6 is 11.6 Å². The number of hydrogen-bond acceptors (Lipinski definition) is 4. The second-order valence-corrected chi connectivity index (χ2v) is 8.39. The summed E-state index contributed by atoms with van der Waals surface area (Å²) in [4.78, 5) is 14.7. The van der Waals surface area contributed by atoms with Crippen molar-refractivity contribution in [2.45, 2.75) is 38.8 Å². The first kappa shape index (κ1) is 23.4. The Labute approximate surface area is 188 Å². The first-order valence-corrected chi connectivity index (χ1v) is 11.0. The molecular formula is C24H30ClFN2O3. The molecule has 0 spiro atoms. The van der Waals surface area contributed by atoms with Crippen LogP contribution in [0.15, 0.2) is 36.4 Å². The zero-order valence-electron chi connectivity index (χ0n) is 18.1. The van der Waals surface area contributed by atoms with Crippen molar-refractivity contribution < 1.29 is 18.7 Å². The molecule has 1 N–H and O–H groups in total. The third-order valence-corrected chi connectivity index (χ3v) is 6.05. The van der Waals surface area contributed by atoms with Gasteiger partial charge in [-0.1, -0.05) is 17.7 Å². The Kier molecular flexibility index (Phi) is 8.55. The van der Waals surface area contributed by atoms with Gasteiger partial charge in [0.2, 0.25) is 5.91 Å². The van der Waals surface area contributed by atoms with E-state index in [0.717, 1.165) is 49.2 Å². The Hall–Kier alpha value is -2.31. The normalized spacial score (nSPS) is 16.7. The van der Waals surface area contributed by atoms with Gasteiger partial charge in [0, 0.05) is 37.7 Å². The molecule has 1 saturated heterocycles. The van der Waals surface area contributed by atoms with E-state index in [1.807, 2.05) is 24.3 Å². The highest BCUT2D eigenvalue weighted by molar-refractivity contribution is 6.30. The summed E-state index contributed by atoms with van der Waals surface area (Å²) < 4.78 is 24.3. The molecule has 168 valence electrons. The number of benzene rings is 2. The van der Waals surface area contributed by atoms with Crippen molar-refractivity contribution >= 4 is 17.5 Å². The average Bonchev–Trinajstić information content (AvgIpc) is 2.79. The maximum atomic E-state index is 13.7. The van der Waals surface area contributed by atoms with Gasteiger partial charge < -0.3 is 14.8 Å². The quantitative estimate of drug-likeness (QED) is 0.598. The zero-order chi connectivity index (χ0) is 22.2. The first-order chi connectivity index (χ1) is 15.0. The fourth-order valence-electron chi connectivity index (χ4n) is 4.04. The molecule has 3 rings (SSSR count). The van der Waals surface area contributed by atoms with E-state index < -0.39 is 0 Å². The highest BCUT2D eigenvalue weighted by Gasteiger charge is 2.21. The van der Waals surface area contributed by atoms with Gasteiger partial charge in [-0.3, -0.25) is 9.69 Å². The topological polar surface area (TPSA) is 50.8 Å². The van der Waals surface area contributed by atoms with Gasteiger partial charge in [0.25, 0.3) is 0 Å². The molecule has 1 fully saturated rings. The van der Waals surface area contributed by atoms with E-state index in [4.69, 9.17) is 21.1 Å². The van der Waals surface area contributed by atoms with Crippen molar-refractivity contribution in [2.75, 3.05) is 27.3 Å². The van der Waals surface area contributed by atoms with E-state index >= 15 is 0 Å². The summed E-state index contributed by atoms with van der Waals surface area (Å²) in [6, 6.07) is 10.5. The molecule has 31 heavy (non-hydrogen) atoms. The Bertz CT molecular complexity index is 893. The standard InChI is InChI=1S/C24H30ClFN2O3/c1-30-20-8-7-19(23(13-20)31-2)14-27-24(29)10-6-17-4-3-11-28(15-17)16-18-5-9-21(25)22(26)12-18/h5,7-9,12-13,17H,3-4,6,10-11,14-16H2,1-2H3,(H,27,29)/t17-/m0/s1. The summed E-state index contributed by atoms with van der Waals surface area (Å²) in [7, 11) is 3.21. The summed E-state index contributed by atoms with van der Waals surface area (Å²) in [5.41, 5.74) is 1.84. The Balaban J connectivity index is 1.44. The second kappa shape index (κ2) is 11.3. The molecule has 1 amide bonds. The maximum absolute atomic E-state index is 13.7. The number of ether oxygens (including phenoxy) is 2. The van der Waals surface area contributed by atoms with E-state index in [9.17, 15) is 9.18 Å². The number of rotatable bonds is 9. The molecule has 1 aliphatic rings. The average molecular weight is 449 g/mol. The van der Waals surface area contributed by atoms with Crippen molar-refractivity contribution in [1.82, 2.24) is 10.2 Å². The number of carbonyl (C=O) groups is 1. The van der Waals surface area contributed by atoms with Crippen molar-refractivity contribution in [3.63, 3.8) is 0 Å². The Morgan fingerprint density at radius 2 is 2.06 bits per heavy atom. The van der Waals surface area contributed by atoms with Gasteiger partial charge in [0.1, 0.15) is 17.3 Å². The van der Waals surface area contributed by atoms with Gasteiger partial charge in [0.05, 0.1) is 19.2 Å². The number of hydrogen-bond donors (Lipinski definition) is 1. The van der Waals surface area contributed by atoms with Crippen LogP contribution < -0.4 is 14.8 Å². The molecule has 2 aromatic rings. The number of methoxy groups -OCH3 is 2. The van der Waals surface area contributed by atoms with E-state index in [-0.39, 0.29) is 16.7 Å². The van der Waals surface area contributed by atoms with Gasteiger partial charge in [-0.2, -0.15) is 0 Å². The highest BCUT2D eigenvalue weighted by atomic mass is 35.5. The molecule has 0 unspecified atom stereocenters. The third kappa shape index (κ3) is 6.84. The van der Waals surface area contributed by atoms with Crippen LogP contribution in [0.1, 0.15) is 36.8 Å². The molecule has 1 atom stereocenters. The lowest BCUT2D eigenvalue weighted by molar-refractivity contribution is -0.121. The molecular weight excluding hydrogens is 419 g/mol. The van der Waals surface area contributed by atoms with Crippen molar-refractivity contribution in [3.05, 3.63) is 58.4 Å². The van der Waals surface area contributed by atoms with Gasteiger partial charge in [0.15, 0.2) is 0 Å². The summed E-state index contributed by atoms with van der Waals surface area (Å²) in [6.45, 7) is 3.03. The smallest absolute Gasteiger partial charge is 0.220 e. The number of carbonyl (C=O) groups excluding carboxylic acids is 1. The van der Waals surface area contributed by atoms with Gasteiger partial charge >= 0.3 is 0 Å². The first-order valence-electron chi connectivity index (χ1n) is 10.6. The lowest BCUT2D eigenvalue weighted by Gasteiger charge is -2.32. The Morgan fingerprint density at radius 3 is 2.81 bits per heavy atom. The van der Waals surface area contributed by atoms with Crippen molar-refractivity contribution in [3.8, 4) is 11.5 Å². The minimum Gasteiger partial charge on any atom is -0.497 e. The van der Waals surface area contributed by atoms with Crippen LogP contribution in [0.3, 0.4) is 0 Å². The zero-order valence-corrected chi connectivity index (χ0v) is 18.9. The molecule has 5 nitrogen and oxygen atoms in total. The lowest BCUT2D eigenvalue weighted by Crippen LogP contribution is -2.35. The van der Waals surface area contributed by atoms with Crippen LogP contribution in [0.4, 0.5) is 4.39 Å². The number of amides is 1. The molecule has 0 radical (unpaired) electrons. The molecule has 0 saturated carbocycles. The van der Waals surface area contributed by atoms with Crippen LogP contribution in [0, 0.1) is 11.7 Å². The van der Waals surface area contributed by atoms with Gasteiger partial charge in [-0.05, 0) is 61.6 Å². The molecule has 0 aliphatic carbocycles. The van der Waals surface area contributed by atoms with Crippen LogP contribution in [-0.4, -0.2) is 38.1 Å². The molecule has 0 bridgehead atoms. The summed E-state index contributed by atoms with van der Waals surface area (Å²) in [6.07, 6.45) is 3.54. The third-order valence-electron chi connectivity index (χ3n) is 5.74. The van der Waals surface area contributed by atoms with Crippen LogP contribution in [0.5, 0.6) is 11.5 Å². The fourth-order valence-corrected chi connectivity index (χ4v) is 4.16. The predicted octanol–water partition coefficient (Wildman–Crippen LogP) is 4.80. The van der Waals surface area contributed by atoms with Gasteiger partial charge in [-0.15, -0.1) is 0 Å². The minimum absolute atomic E-state index is 0.0368. The summed E-state index contributed by atoms with van der Waals surface area (Å²) in [5, 5.41) is 3.14. The fraction of sp³-hybridized carbons (Fsp3) is 0.458. The molecule has 0 aromatic heterocycles. The van der Waals surface area contributed by atoms with Crippen LogP contribution in [0.2, 0.25) is 5.02 Å². The van der Waals surface area contributed by atoms with Crippen molar-refractivity contribution in [1.29, 1.82) is 0 Å². The Morgan fingerprint density at radius 1 is 1.23 bits per heavy atom. The summed E-state index contributed by atoms with van der Waals surface area (Å²) >= 11 is 5.77. The van der Waals surface area contributed by atoms with Crippen LogP contribution in [-0.2, 0) is 17.9 Å². The second-order valence-electron chi connectivity index (χ2n) is 7.99. The number of likely N-dealkylation sites (tertiary alicyclic amines) is 1. The molecule has 1 heterocycles. The van der Waals surface area contributed by atoms with E-state index in [0.29, 0.717) is 31.2 Å². The minimum atomic E-state index is -0.377. The number of nitrogens with one attached hydrogen (secondary N) is 1. The van der Waals surface area contributed by atoms with E-state index in [1.54, 1.807) is 20.3 Å². The summed E-state index contributed by atoms with van der Waals surface area (Å²) in [5.74, 6) is 1.54. The van der Waals surface area contributed by atoms with E-state index in [2.05, 4.69) is 10.2 Å². The molecule has 1 aliphatic heterocycles. The molecule has 7 heteroatoms. The van der Waals surface area contributed by atoms with Crippen LogP contribution in [0.25, 0.3) is 0 Å². The lowest BCUT2D eigenvalue weighted by atomic mass is 9.93. The highest BCUT2D eigenvalue weighted by Crippen LogP contribution is 2.25. The molecule has 2 aromatic carbocycles. The largest absolute Gasteiger partial charge is 0.497 e.